The molecule has 1 aliphatic rings. The van der Waals surface area contributed by atoms with Crippen LogP contribution in [-0.2, 0) is 6.42 Å². The number of phenols is 1. The van der Waals surface area contributed by atoms with Crippen molar-refractivity contribution < 1.29 is 5.11 Å². The molecule has 104 valence electrons. The van der Waals surface area contributed by atoms with E-state index in [1.54, 1.807) is 0 Å². The monoisotopic (exact) mass is 287 g/mol. The summed E-state index contributed by atoms with van der Waals surface area (Å²) in [5, 5.41) is 11.1. The first-order chi connectivity index (χ1) is 9.49. The van der Waals surface area contributed by atoms with E-state index in [1.165, 1.54) is 16.7 Å². The summed E-state index contributed by atoms with van der Waals surface area (Å²) in [6.07, 6.45) is 0.873. The quantitative estimate of drug-likeness (QED) is 0.833. The largest absolute Gasteiger partial charge is 0.507 e. The average Bonchev–Trinajstić information content (AvgIpc) is 2.76. The standard InChI is InChI=1S/C17H18ClNO/c1-9-7-10(2)17(20)15-13(9)8-14(16(15)19)11-3-5-12(18)6-4-11/h3-7,14,16,20H,8,19H2,1-2H3/t14-,16+/m1/s1. The first kappa shape index (κ1) is 13.5. The number of aromatic hydroxyl groups is 1. The minimum Gasteiger partial charge on any atom is -0.507 e. The summed E-state index contributed by atoms with van der Waals surface area (Å²) >= 11 is 5.94. The molecule has 0 spiro atoms. The second-order valence-electron chi connectivity index (χ2n) is 5.64. The van der Waals surface area contributed by atoms with E-state index >= 15 is 0 Å². The maximum absolute atomic E-state index is 10.3. The number of phenolic OH excluding ortho intramolecular Hbond substituents is 1. The van der Waals surface area contributed by atoms with Crippen molar-refractivity contribution in [3.05, 3.63) is 63.2 Å². The Morgan fingerprint density at radius 2 is 1.80 bits per heavy atom. The van der Waals surface area contributed by atoms with Crippen molar-refractivity contribution in [2.24, 2.45) is 5.73 Å². The van der Waals surface area contributed by atoms with Gasteiger partial charge in [0.1, 0.15) is 5.75 Å². The van der Waals surface area contributed by atoms with E-state index in [1.807, 2.05) is 37.3 Å². The number of hydrogen-bond donors (Lipinski definition) is 2. The van der Waals surface area contributed by atoms with Gasteiger partial charge in [0.05, 0.1) is 0 Å². The third kappa shape index (κ3) is 2.00. The van der Waals surface area contributed by atoms with Gasteiger partial charge in [0.2, 0.25) is 0 Å². The van der Waals surface area contributed by atoms with Gasteiger partial charge < -0.3 is 10.8 Å². The zero-order valence-corrected chi connectivity index (χ0v) is 12.4. The SMILES string of the molecule is Cc1cc(C)c2c(c1O)[C@@H](N)[C@@H](c1ccc(Cl)cc1)C2. The van der Waals surface area contributed by atoms with Gasteiger partial charge >= 0.3 is 0 Å². The normalized spacial score (nSPS) is 21.0. The van der Waals surface area contributed by atoms with Gasteiger partial charge in [-0.1, -0.05) is 29.8 Å². The number of benzene rings is 2. The summed E-state index contributed by atoms with van der Waals surface area (Å²) in [5.74, 6) is 0.559. The topological polar surface area (TPSA) is 46.2 Å². The molecule has 2 aromatic rings. The number of fused-ring (bicyclic) bond motifs is 1. The zero-order chi connectivity index (χ0) is 14.4. The first-order valence-electron chi connectivity index (χ1n) is 6.82. The number of aryl methyl sites for hydroxylation is 2. The molecule has 0 heterocycles. The summed E-state index contributed by atoms with van der Waals surface area (Å²) in [4.78, 5) is 0. The minimum absolute atomic E-state index is 0.162. The van der Waals surface area contributed by atoms with Crippen molar-refractivity contribution in [1.82, 2.24) is 0 Å². The first-order valence-corrected chi connectivity index (χ1v) is 7.20. The Hall–Kier alpha value is -1.51. The van der Waals surface area contributed by atoms with Crippen LogP contribution in [0.2, 0.25) is 5.02 Å². The second-order valence-corrected chi connectivity index (χ2v) is 6.08. The van der Waals surface area contributed by atoms with E-state index in [4.69, 9.17) is 17.3 Å². The Labute approximate surface area is 124 Å². The van der Waals surface area contributed by atoms with Crippen LogP contribution < -0.4 is 5.73 Å². The van der Waals surface area contributed by atoms with Crippen LogP contribution in [0.4, 0.5) is 0 Å². The Kier molecular flexibility index (Phi) is 3.23. The third-order valence-corrected chi connectivity index (χ3v) is 4.60. The number of halogens is 1. The van der Waals surface area contributed by atoms with Gasteiger partial charge in [0, 0.05) is 22.5 Å². The van der Waals surface area contributed by atoms with E-state index in [0.29, 0.717) is 5.75 Å². The summed E-state index contributed by atoms with van der Waals surface area (Å²) in [6, 6.07) is 9.71. The van der Waals surface area contributed by atoms with Crippen LogP contribution in [0, 0.1) is 13.8 Å². The number of nitrogens with two attached hydrogens (primary N) is 1. The molecule has 0 bridgehead atoms. The van der Waals surface area contributed by atoms with Crippen LogP contribution in [0.3, 0.4) is 0 Å². The molecule has 0 aliphatic heterocycles. The van der Waals surface area contributed by atoms with Crippen LogP contribution in [0.1, 0.15) is 39.8 Å². The molecule has 3 heteroatoms. The summed E-state index contributed by atoms with van der Waals surface area (Å²) < 4.78 is 0. The molecule has 2 aromatic carbocycles. The Bertz CT molecular complexity index is 664. The molecule has 0 aromatic heterocycles. The highest BCUT2D eigenvalue weighted by Gasteiger charge is 2.34. The molecule has 0 radical (unpaired) electrons. The lowest BCUT2D eigenvalue weighted by molar-refractivity contribution is 0.456. The molecule has 3 rings (SSSR count). The highest BCUT2D eigenvalue weighted by atomic mass is 35.5. The van der Waals surface area contributed by atoms with Gasteiger partial charge in [0.15, 0.2) is 0 Å². The van der Waals surface area contributed by atoms with Gasteiger partial charge in [-0.15, -0.1) is 0 Å². The maximum Gasteiger partial charge on any atom is 0.123 e. The Morgan fingerprint density at radius 1 is 1.15 bits per heavy atom. The lowest BCUT2D eigenvalue weighted by Gasteiger charge is -2.17. The van der Waals surface area contributed by atoms with E-state index < -0.39 is 0 Å². The summed E-state index contributed by atoms with van der Waals surface area (Å²) in [7, 11) is 0. The maximum atomic E-state index is 10.3. The predicted octanol–water partition coefficient (Wildman–Crippen LogP) is 4.00. The molecule has 1 aliphatic carbocycles. The zero-order valence-electron chi connectivity index (χ0n) is 11.7. The van der Waals surface area contributed by atoms with Crippen LogP contribution in [0.15, 0.2) is 30.3 Å². The van der Waals surface area contributed by atoms with Crippen molar-refractivity contribution >= 4 is 11.6 Å². The van der Waals surface area contributed by atoms with Crippen molar-refractivity contribution in [3.63, 3.8) is 0 Å². The minimum atomic E-state index is -0.162. The highest BCUT2D eigenvalue weighted by molar-refractivity contribution is 6.30. The number of rotatable bonds is 1. The molecule has 0 fully saturated rings. The van der Waals surface area contributed by atoms with Gasteiger partial charge in [0.25, 0.3) is 0 Å². The molecular formula is C17H18ClNO. The average molecular weight is 288 g/mol. The molecular weight excluding hydrogens is 270 g/mol. The van der Waals surface area contributed by atoms with Crippen molar-refractivity contribution in [3.8, 4) is 5.75 Å². The molecule has 3 N–H and O–H groups in total. The molecule has 2 nitrogen and oxygen atoms in total. The fourth-order valence-electron chi connectivity index (χ4n) is 3.26. The number of hydrogen-bond acceptors (Lipinski definition) is 2. The van der Waals surface area contributed by atoms with Crippen LogP contribution in [0.5, 0.6) is 5.75 Å². The molecule has 0 saturated heterocycles. The van der Waals surface area contributed by atoms with Crippen molar-refractivity contribution in [1.29, 1.82) is 0 Å². The highest BCUT2D eigenvalue weighted by Crippen LogP contribution is 2.47. The fraction of sp³-hybridized carbons (Fsp3) is 0.294. The Morgan fingerprint density at radius 3 is 2.45 bits per heavy atom. The van der Waals surface area contributed by atoms with Crippen molar-refractivity contribution in [2.75, 3.05) is 0 Å². The summed E-state index contributed by atoms with van der Waals surface area (Å²) in [6.45, 7) is 4.01. The van der Waals surface area contributed by atoms with E-state index in [-0.39, 0.29) is 12.0 Å². The molecule has 20 heavy (non-hydrogen) atoms. The lowest BCUT2D eigenvalue weighted by Crippen LogP contribution is -2.15. The van der Waals surface area contributed by atoms with Crippen LogP contribution >= 0.6 is 11.6 Å². The van der Waals surface area contributed by atoms with Crippen LogP contribution in [-0.4, -0.2) is 5.11 Å². The molecule has 0 unspecified atom stereocenters. The van der Waals surface area contributed by atoms with E-state index in [2.05, 4.69) is 6.92 Å². The van der Waals surface area contributed by atoms with Crippen LogP contribution in [0.25, 0.3) is 0 Å². The predicted molar refractivity (Wildman–Crippen MR) is 82.4 cm³/mol. The molecule has 2 atom stereocenters. The molecule has 0 amide bonds. The van der Waals surface area contributed by atoms with Gasteiger partial charge in [-0.05, 0) is 54.7 Å². The smallest absolute Gasteiger partial charge is 0.123 e. The second kappa shape index (κ2) is 4.80. The summed E-state index contributed by atoms with van der Waals surface area (Å²) in [5.41, 5.74) is 11.8. The van der Waals surface area contributed by atoms with Gasteiger partial charge in [-0.25, -0.2) is 0 Å². The van der Waals surface area contributed by atoms with E-state index in [0.717, 1.165) is 22.6 Å². The Balaban J connectivity index is 2.06. The van der Waals surface area contributed by atoms with Gasteiger partial charge in [-0.3, -0.25) is 0 Å². The lowest BCUT2D eigenvalue weighted by atomic mass is 9.92. The molecule has 0 saturated carbocycles. The fourth-order valence-corrected chi connectivity index (χ4v) is 3.39. The van der Waals surface area contributed by atoms with Gasteiger partial charge in [-0.2, -0.15) is 0 Å². The van der Waals surface area contributed by atoms with Crippen molar-refractivity contribution in [2.45, 2.75) is 32.2 Å². The van der Waals surface area contributed by atoms with E-state index in [9.17, 15) is 5.11 Å². The third-order valence-electron chi connectivity index (χ3n) is 4.35.